The van der Waals surface area contributed by atoms with Crippen molar-refractivity contribution >= 4 is 16.3 Å². The van der Waals surface area contributed by atoms with Gasteiger partial charge in [-0.05, 0) is 18.6 Å². The van der Waals surface area contributed by atoms with Gasteiger partial charge in [0.1, 0.15) is 0 Å². The summed E-state index contributed by atoms with van der Waals surface area (Å²) in [6.45, 7) is 1.89. The summed E-state index contributed by atoms with van der Waals surface area (Å²) in [5.41, 5.74) is 1.70. The number of hydrogen-bond acceptors (Lipinski definition) is 4. The lowest BCUT2D eigenvalue weighted by Gasteiger charge is -2.00. The predicted octanol–water partition coefficient (Wildman–Crippen LogP) is 1.80. The molecule has 1 aromatic rings. The van der Waals surface area contributed by atoms with Gasteiger partial charge in [-0.1, -0.05) is 0 Å². The fourth-order valence-electron chi connectivity index (χ4n) is 0.707. The third kappa shape index (κ3) is 2.31. The van der Waals surface area contributed by atoms with Crippen molar-refractivity contribution < 1.29 is 4.21 Å². The molecule has 0 unspecified atom stereocenters. The molecule has 0 saturated carbocycles. The normalized spacial score (nSPS) is 13.3. The molecule has 4 heteroatoms. The molecule has 1 rings (SSSR count). The fourth-order valence-corrected chi connectivity index (χ4v) is 1.19. The van der Waals surface area contributed by atoms with Gasteiger partial charge in [-0.15, -0.1) is 6.26 Å². The first-order valence-corrected chi connectivity index (χ1v) is 4.67. The molecule has 0 bridgehead atoms. The Hall–Kier alpha value is -0.900. The van der Waals surface area contributed by atoms with E-state index in [0.29, 0.717) is 0 Å². The lowest BCUT2D eigenvalue weighted by molar-refractivity contribution is 0.603. The zero-order valence-electron chi connectivity index (χ0n) is 6.44. The van der Waals surface area contributed by atoms with Gasteiger partial charge in [-0.25, -0.2) is 0 Å². The van der Waals surface area contributed by atoms with E-state index < -0.39 is 10.6 Å². The molecule has 1 aromatic heterocycles. The number of hydrogen-bond donors (Lipinski definition) is 0. The van der Waals surface area contributed by atoms with Gasteiger partial charge in [-0.2, -0.15) is 10.6 Å². The second-order valence-electron chi connectivity index (χ2n) is 2.18. The highest BCUT2D eigenvalue weighted by molar-refractivity contribution is 7.74. The van der Waals surface area contributed by atoms with Gasteiger partial charge < -0.3 is 8.57 Å². The Bertz CT molecular complexity index is 329. The third-order valence-electron chi connectivity index (χ3n) is 1.22. The summed E-state index contributed by atoms with van der Waals surface area (Å²) >= 11 is 0. The molecule has 0 N–H and O–H groups in total. The van der Waals surface area contributed by atoms with Crippen LogP contribution in [-0.4, -0.2) is 11.2 Å². The van der Waals surface area contributed by atoms with Crippen molar-refractivity contribution in [3.63, 3.8) is 0 Å². The lowest BCUT2D eigenvalue weighted by Crippen LogP contribution is -1.76. The van der Waals surface area contributed by atoms with E-state index >= 15 is 0 Å². The molecule has 0 saturated heterocycles. The van der Waals surface area contributed by atoms with Crippen LogP contribution in [0.15, 0.2) is 22.8 Å². The van der Waals surface area contributed by atoms with Crippen LogP contribution in [0.3, 0.4) is 0 Å². The van der Waals surface area contributed by atoms with Gasteiger partial charge in [0, 0.05) is 18.1 Å². The molecule has 11 heavy (non-hydrogen) atoms. The minimum atomic E-state index is -1.13. The standard InChI is InChI=1S/C7H9N2OS/c1-6-5-8-4-3-7(6)9-11(2)10/h3-5H,1-2H3/q-1. The highest BCUT2D eigenvalue weighted by Crippen LogP contribution is 2.15. The Kier molecular flexibility index (Phi) is 2.59. The number of nitrogens with zero attached hydrogens (tertiary/aromatic N) is 2. The Morgan fingerprint density at radius 3 is 2.91 bits per heavy atom. The average molecular weight is 169 g/mol. The van der Waals surface area contributed by atoms with E-state index in [9.17, 15) is 4.21 Å². The summed E-state index contributed by atoms with van der Waals surface area (Å²) in [5, 5.41) is 0. The Morgan fingerprint density at radius 2 is 2.36 bits per heavy atom. The van der Waals surface area contributed by atoms with Crippen molar-refractivity contribution in [3.05, 3.63) is 24.0 Å². The maximum absolute atomic E-state index is 10.7. The van der Waals surface area contributed by atoms with Crippen molar-refractivity contribution in [1.82, 2.24) is 4.98 Å². The topological polar surface area (TPSA) is 42.3 Å². The molecular weight excluding hydrogens is 160 g/mol. The van der Waals surface area contributed by atoms with E-state index in [2.05, 4.69) is 9.35 Å². The van der Waals surface area contributed by atoms with Gasteiger partial charge in [-0.3, -0.25) is 4.98 Å². The second kappa shape index (κ2) is 3.48. The number of pyridine rings is 1. The molecule has 0 aliphatic rings. The molecule has 0 spiro atoms. The molecule has 0 radical (unpaired) electrons. The van der Waals surface area contributed by atoms with E-state index in [1.54, 1.807) is 24.7 Å². The Morgan fingerprint density at radius 1 is 1.64 bits per heavy atom. The minimum Gasteiger partial charge on any atom is -0.444 e. The maximum Gasteiger partial charge on any atom is 0.0426 e. The quantitative estimate of drug-likeness (QED) is 0.601. The first-order chi connectivity index (χ1) is 5.20. The summed E-state index contributed by atoms with van der Waals surface area (Å²) in [4.78, 5) is 3.89. The third-order valence-corrected chi connectivity index (χ3v) is 1.67. The molecule has 0 aliphatic carbocycles. The average Bonchev–Trinajstić information content (AvgIpc) is 1.93. The fraction of sp³-hybridized carbons (Fsp3) is 0.286. The van der Waals surface area contributed by atoms with Crippen LogP contribution in [0.25, 0.3) is 0 Å². The molecule has 1 heterocycles. The summed E-state index contributed by atoms with van der Waals surface area (Å²) in [7, 11) is -1.13. The van der Waals surface area contributed by atoms with Gasteiger partial charge in [0.15, 0.2) is 0 Å². The summed E-state index contributed by atoms with van der Waals surface area (Å²) in [6, 6.07) is 1.75. The summed E-state index contributed by atoms with van der Waals surface area (Å²) in [5.74, 6) is 0. The van der Waals surface area contributed by atoms with Crippen LogP contribution in [0.2, 0.25) is 0 Å². The van der Waals surface area contributed by atoms with Gasteiger partial charge in [0.25, 0.3) is 0 Å². The monoisotopic (exact) mass is 169 g/mol. The van der Waals surface area contributed by atoms with E-state index in [1.807, 2.05) is 6.92 Å². The minimum absolute atomic E-state index is 0.751. The first kappa shape index (κ1) is 8.20. The van der Waals surface area contributed by atoms with Crippen molar-refractivity contribution in [2.45, 2.75) is 6.92 Å². The van der Waals surface area contributed by atoms with E-state index in [4.69, 9.17) is 0 Å². The zero-order valence-corrected chi connectivity index (χ0v) is 7.26. The number of aryl methyl sites for hydroxylation is 1. The molecule has 60 valence electrons. The van der Waals surface area contributed by atoms with Crippen molar-refractivity contribution in [1.29, 1.82) is 0 Å². The Labute approximate surface area is 67.7 Å². The summed E-state index contributed by atoms with van der Waals surface area (Å²) < 4.78 is 14.6. The largest absolute Gasteiger partial charge is 0.444 e. The van der Waals surface area contributed by atoms with Crippen LogP contribution in [0.1, 0.15) is 5.56 Å². The van der Waals surface area contributed by atoms with Crippen LogP contribution in [0, 0.1) is 6.92 Å². The maximum atomic E-state index is 10.7. The SMILES string of the molecule is Cc1cnccc1N=[S-](C)=O. The van der Waals surface area contributed by atoms with Gasteiger partial charge in [0.05, 0.1) is 0 Å². The summed E-state index contributed by atoms with van der Waals surface area (Å²) in [6.07, 6.45) is 4.88. The molecular formula is C7H9N2OS-. The Balaban J connectivity index is 3.15. The lowest BCUT2D eigenvalue weighted by atomic mass is 10.3. The van der Waals surface area contributed by atoms with E-state index in [0.717, 1.165) is 11.3 Å². The van der Waals surface area contributed by atoms with Gasteiger partial charge in [0.2, 0.25) is 0 Å². The molecule has 3 nitrogen and oxygen atoms in total. The second-order valence-corrected chi connectivity index (χ2v) is 3.21. The zero-order chi connectivity index (χ0) is 8.27. The number of aromatic nitrogens is 1. The number of rotatable bonds is 1. The molecule has 0 aliphatic heterocycles. The van der Waals surface area contributed by atoms with Crippen LogP contribution in [0.5, 0.6) is 0 Å². The van der Waals surface area contributed by atoms with Crippen LogP contribution in [-0.2, 0) is 14.8 Å². The molecule has 0 fully saturated rings. The highest BCUT2D eigenvalue weighted by Gasteiger charge is 1.88. The van der Waals surface area contributed by atoms with Crippen molar-refractivity contribution in [2.24, 2.45) is 4.36 Å². The van der Waals surface area contributed by atoms with Crippen molar-refractivity contribution in [2.75, 3.05) is 6.26 Å². The van der Waals surface area contributed by atoms with Crippen molar-refractivity contribution in [3.8, 4) is 0 Å². The predicted molar refractivity (Wildman–Crippen MR) is 45.0 cm³/mol. The van der Waals surface area contributed by atoms with E-state index in [1.165, 1.54) is 0 Å². The van der Waals surface area contributed by atoms with Crippen LogP contribution < -0.4 is 0 Å². The van der Waals surface area contributed by atoms with Crippen LogP contribution >= 0.6 is 0 Å². The first-order valence-electron chi connectivity index (χ1n) is 3.16. The molecule has 0 amide bonds. The molecule has 0 atom stereocenters. The highest BCUT2D eigenvalue weighted by atomic mass is 32.2. The van der Waals surface area contributed by atoms with Gasteiger partial charge >= 0.3 is 0 Å². The van der Waals surface area contributed by atoms with Crippen LogP contribution in [0.4, 0.5) is 5.69 Å². The smallest absolute Gasteiger partial charge is 0.0426 e. The van der Waals surface area contributed by atoms with E-state index in [-0.39, 0.29) is 0 Å². The molecule has 0 aromatic carbocycles.